The highest BCUT2D eigenvalue weighted by Gasteiger charge is 2.14. The number of hydrogen-bond acceptors (Lipinski definition) is 7. The van der Waals surface area contributed by atoms with Crippen LogP contribution in [0.5, 0.6) is 11.5 Å². The summed E-state index contributed by atoms with van der Waals surface area (Å²) in [6.07, 6.45) is 3.14. The summed E-state index contributed by atoms with van der Waals surface area (Å²) in [5.74, 6) is 1.64. The first kappa shape index (κ1) is 26.8. The molecule has 0 saturated carbocycles. The van der Waals surface area contributed by atoms with Crippen molar-refractivity contribution < 1.29 is 19.1 Å². The summed E-state index contributed by atoms with van der Waals surface area (Å²) in [6, 6.07) is 11.3. The van der Waals surface area contributed by atoms with Gasteiger partial charge in [0.2, 0.25) is 11.8 Å². The van der Waals surface area contributed by atoms with Crippen LogP contribution in [0.25, 0.3) is 6.08 Å². The first-order valence-corrected chi connectivity index (χ1v) is 12.4. The molecule has 2 amide bonds. The molecule has 36 heavy (non-hydrogen) atoms. The van der Waals surface area contributed by atoms with Gasteiger partial charge in [-0.05, 0) is 55.7 Å². The Bertz CT molecular complexity index is 1230. The highest BCUT2D eigenvalue weighted by Crippen LogP contribution is 2.28. The van der Waals surface area contributed by atoms with Gasteiger partial charge in [-0.25, -0.2) is 0 Å². The molecule has 1 aromatic heterocycles. The summed E-state index contributed by atoms with van der Waals surface area (Å²) in [5, 5.41) is 14.8. The Morgan fingerprint density at radius 2 is 1.78 bits per heavy atom. The summed E-state index contributed by atoms with van der Waals surface area (Å²) in [4.78, 5) is 24.9. The number of ether oxygens (including phenoxy) is 2. The van der Waals surface area contributed by atoms with Crippen LogP contribution in [0.3, 0.4) is 0 Å². The number of aryl methyl sites for hydroxylation is 2. The van der Waals surface area contributed by atoms with Gasteiger partial charge in [-0.3, -0.25) is 9.59 Å². The second-order valence-corrected chi connectivity index (χ2v) is 8.85. The lowest BCUT2D eigenvalue weighted by Gasteiger charge is -2.11. The van der Waals surface area contributed by atoms with Crippen LogP contribution < -0.4 is 20.1 Å². The molecule has 0 aliphatic heterocycles. The third kappa shape index (κ3) is 6.88. The maximum atomic E-state index is 12.5. The van der Waals surface area contributed by atoms with E-state index in [4.69, 9.17) is 9.47 Å². The van der Waals surface area contributed by atoms with Crippen LogP contribution in [0.4, 0.5) is 5.69 Å². The predicted octanol–water partition coefficient (Wildman–Crippen LogP) is 3.99. The lowest BCUT2D eigenvalue weighted by molar-refractivity contribution is -0.116. The van der Waals surface area contributed by atoms with E-state index in [0.29, 0.717) is 29.0 Å². The standard InChI is InChI=1S/C26H31N5O4S/c1-6-31-22(15-27-23(32)13-11-19-10-12-20(34-4)21(14-19)35-5)29-30-26(31)36-16-24(33)28-25-17(2)8-7-9-18(25)3/h7-14H,6,15-16H2,1-5H3,(H,27,32)(H,28,33). The number of carbonyl (C=O) groups excluding carboxylic acids is 2. The number of amides is 2. The number of thioether (sulfide) groups is 1. The molecule has 1 heterocycles. The Morgan fingerprint density at radius 3 is 2.44 bits per heavy atom. The Labute approximate surface area is 215 Å². The molecule has 3 aromatic rings. The number of anilines is 1. The van der Waals surface area contributed by atoms with E-state index in [2.05, 4.69) is 20.8 Å². The fourth-order valence-corrected chi connectivity index (χ4v) is 4.37. The van der Waals surface area contributed by atoms with Gasteiger partial charge in [0.15, 0.2) is 22.5 Å². The van der Waals surface area contributed by atoms with E-state index in [-0.39, 0.29) is 24.1 Å². The highest BCUT2D eigenvalue weighted by atomic mass is 32.2. The van der Waals surface area contributed by atoms with Crippen molar-refractivity contribution in [1.82, 2.24) is 20.1 Å². The Balaban J connectivity index is 1.55. The third-order valence-corrected chi connectivity index (χ3v) is 6.41. The van der Waals surface area contributed by atoms with E-state index in [1.807, 2.05) is 49.6 Å². The summed E-state index contributed by atoms with van der Waals surface area (Å²) in [6.45, 7) is 6.72. The zero-order chi connectivity index (χ0) is 26.1. The zero-order valence-corrected chi connectivity index (χ0v) is 21.9. The largest absolute Gasteiger partial charge is 0.493 e. The van der Waals surface area contributed by atoms with Gasteiger partial charge in [-0.15, -0.1) is 10.2 Å². The van der Waals surface area contributed by atoms with Crippen molar-refractivity contribution in [3.8, 4) is 11.5 Å². The van der Waals surface area contributed by atoms with Crippen LogP contribution in [0.1, 0.15) is 29.4 Å². The molecule has 0 radical (unpaired) electrons. The van der Waals surface area contributed by atoms with Crippen molar-refractivity contribution in [3.05, 3.63) is 65.0 Å². The lowest BCUT2D eigenvalue weighted by atomic mass is 10.1. The number of hydrogen-bond donors (Lipinski definition) is 2. The average Bonchev–Trinajstić information content (AvgIpc) is 3.28. The molecule has 0 bridgehead atoms. The zero-order valence-electron chi connectivity index (χ0n) is 21.1. The van der Waals surface area contributed by atoms with Gasteiger partial charge in [0.25, 0.3) is 0 Å². The quantitative estimate of drug-likeness (QED) is 0.297. The summed E-state index contributed by atoms with van der Waals surface area (Å²) in [7, 11) is 3.13. The molecule has 0 unspecified atom stereocenters. The van der Waals surface area contributed by atoms with Crippen molar-refractivity contribution in [2.45, 2.75) is 39.0 Å². The minimum absolute atomic E-state index is 0.113. The molecule has 0 fully saturated rings. The van der Waals surface area contributed by atoms with Gasteiger partial charge in [-0.1, -0.05) is 36.0 Å². The molecule has 2 N–H and O–H groups in total. The number of nitrogens with zero attached hydrogens (tertiary/aromatic N) is 3. The third-order valence-electron chi connectivity index (χ3n) is 5.44. The van der Waals surface area contributed by atoms with E-state index < -0.39 is 0 Å². The Morgan fingerprint density at radius 1 is 1.06 bits per heavy atom. The molecule has 0 saturated heterocycles. The molecule has 0 aliphatic carbocycles. The van der Waals surface area contributed by atoms with Crippen LogP contribution >= 0.6 is 11.8 Å². The van der Waals surface area contributed by atoms with Gasteiger partial charge in [0, 0.05) is 18.3 Å². The van der Waals surface area contributed by atoms with E-state index in [9.17, 15) is 9.59 Å². The molecule has 190 valence electrons. The lowest BCUT2D eigenvalue weighted by Crippen LogP contribution is -2.22. The molecular formula is C26H31N5O4S. The topological polar surface area (TPSA) is 107 Å². The first-order valence-electron chi connectivity index (χ1n) is 11.4. The summed E-state index contributed by atoms with van der Waals surface area (Å²) >= 11 is 1.31. The van der Waals surface area contributed by atoms with Crippen molar-refractivity contribution in [3.63, 3.8) is 0 Å². The van der Waals surface area contributed by atoms with Crippen LogP contribution in [-0.2, 0) is 22.7 Å². The van der Waals surface area contributed by atoms with Crippen molar-refractivity contribution in [1.29, 1.82) is 0 Å². The molecule has 0 aliphatic rings. The average molecular weight is 510 g/mol. The molecule has 0 spiro atoms. The minimum atomic E-state index is -0.266. The fraction of sp³-hybridized carbons (Fsp3) is 0.308. The maximum absolute atomic E-state index is 12.5. The normalized spacial score (nSPS) is 10.9. The van der Waals surface area contributed by atoms with Crippen molar-refractivity contribution in [2.75, 3.05) is 25.3 Å². The van der Waals surface area contributed by atoms with Crippen LogP contribution in [-0.4, -0.2) is 46.6 Å². The maximum Gasteiger partial charge on any atom is 0.244 e. The minimum Gasteiger partial charge on any atom is -0.493 e. The van der Waals surface area contributed by atoms with E-state index in [1.165, 1.54) is 17.8 Å². The Kier molecular flexibility index (Phi) is 9.52. The molecule has 2 aromatic carbocycles. The molecular weight excluding hydrogens is 478 g/mol. The van der Waals surface area contributed by atoms with Gasteiger partial charge in [0.1, 0.15) is 0 Å². The number of benzene rings is 2. The van der Waals surface area contributed by atoms with Crippen molar-refractivity contribution >= 4 is 35.3 Å². The smallest absolute Gasteiger partial charge is 0.244 e. The number of rotatable bonds is 11. The van der Waals surface area contributed by atoms with Gasteiger partial charge >= 0.3 is 0 Å². The van der Waals surface area contributed by atoms with Gasteiger partial charge in [-0.2, -0.15) is 0 Å². The summed E-state index contributed by atoms with van der Waals surface area (Å²) < 4.78 is 12.4. The second-order valence-electron chi connectivity index (χ2n) is 7.91. The van der Waals surface area contributed by atoms with E-state index in [1.54, 1.807) is 32.4 Å². The van der Waals surface area contributed by atoms with Gasteiger partial charge < -0.3 is 24.7 Å². The number of carbonyl (C=O) groups is 2. The van der Waals surface area contributed by atoms with Crippen LogP contribution in [0, 0.1) is 13.8 Å². The monoisotopic (exact) mass is 509 g/mol. The first-order chi connectivity index (χ1) is 17.4. The second kappa shape index (κ2) is 12.8. The van der Waals surface area contributed by atoms with E-state index in [0.717, 1.165) is 22.4 Å². The van der Waals surface area contributed by atoms with Crippen LogP contribution in [0.2, 0.25) is 0 Å². The van der Waals surface area contributed by atoms with Gasteiger partial charge in [0.05, 0.1) is 26.5 Å². The number of methoxy groups -OCH3 is 2. The molecule has 9 nitrogen and oxygen atoms in total. The number of aromatic nitrogens is 3. The Hall–Kier alpha value is -3.79. The van der Waals surface area contributed by atoms with Crippen LogP contribution in [0.15, 0.2) is 47.6 Å². The number of para-hydroxylation sites is 1. The molecule has 10 heteroatoms. The number of nitrogens with one attached hydrogen (secondary N) is 2. The highest BCUT2D eigenvalue weighted by molar-refractivity contribution is 7.99. The fourth-order valence-electron chi connectivity index (χ4n) is 3.54. The molecule has 3 rings (SSSR count). The van der Waals surface area contributed by atoms with Crippen molar-refractivity contribution in [2.24, 2.45) is 0 Å². The van der Waals surface area contributed by atoms with E-state index >= 15 is 0 Å². The SMILES string of the molecule is CCn1c(CNC(=O)C=Cc2ccc(OC)c(OC)c2)nnc1SCC(=O)Nc1c(C)cccc1C. The molecule has 0 atom stereocenters. The predicted molar refractivity (Wildman–Crippen MR) is 141 cm³/mol. The summed E-state index contributed by atoms with van der Waals surface area (Å²) in [5.41, 5.74) is 3.67.